The summed E-state index contributed by atoms with van der Waals surface area (Å²) in [5.41, 5.74) is 0. The normalized spacial score (nSPS) is 12.5. The van der Waals surface area contributed by atoms with E-state index < -0.39 is 54.3 Å². The molecule has 1 aromatic carbocycles. The average molecular weight is 343 g/mol. The molecule has 1 aromatic rings. The van der Waals surface area contributed by atoms with Gasteiger partial charge >= 0.3 is 11.7 Å². The number of benzene rings is 1. The quantitative estimate of drug-likeness (QED) is 0.741. The number of halogens is 2. The summed E-state index contributed by atoms with van der Waals surface area (Å²) >= 11 is 0. The smallest absolute Gasteiger partial charge is 0.341 e. The predicted octanol–water partition coefficient (Wildman–Crippen LogP) is 0.436. The van der Waals surface area contributed by atoms with E-state index in [1.165, 1.54) is 0 Å². The Morgan fingerprint density at radius 3 is 2.14 bits per heavy atom. The summed E-state index contributed by atoms with van der Waals surface area (Å²) in [7, 11) is -9.53. The van der Waals surface area contributed by atoms with Crippen LogP contribution in [0.3, 0.4) is 0 Å². The van der Waals surface area contributed by atoms with Gasteiger partial charge in [0.2, 0.25) is 19.9 Å². The summed E-state index contributed by atoms with van der Waals surface area (Å²) in [6.45, 7) is -0.499. The lowest BCUT2D eigenvalue weighted by atomic mass is 10.4. The highest BCUT2D eigenvalue weighted by molar-refractivity contribution is 7.93. The second-order valence-corrected chi connectivity index (χ2v) is 7.42. The number of aliphatic carboxylic acids is 1. The number of hydrogen-bond donors (Lipinski definition) is 2. The van der Waals surface area contributed by atoms with Gasteiger partial charge in [-0.1, -0.05) is 12.1 Å². The third-order valence-electron chi connectivity index (χ3n) is 2.31. The lowest BCUT2D eigenvalue weighted by molar-refractivity contribution is -0.136. The largest absolute Gasteiger partial charge is 0.481 e. The fourth-order valence-corrected chi connectivity index (χ4v) is 3.98. The second-order valence-electron chi connectivity index (χ2n) is 3.79. The Balaban J connectivity index is 3.23. The molecule has 0 fully saturated rings. The van der Waals surface area contributed by atoms with Gasteiger partial charge in [0.15, 0.2) is 0 Å². The number of hydrogen-bond acceptors (Lipinski definition) is 5. The molecule has 0 bridgehead atoms. The average Bonchev–Trinajstić information content (AvgIpc) is 2.37. The maximum Gasteiger partial charge on any atom is 0.341 e. The Morgan fingerprint density at radius 2 is 1.67 bits per heavy atom. The standard InChI is InChI=1S/C10H11F2NO6S2/c11-10(12)20(16,17)7-3-1-2-4-8(7)21(18,19)13-6-5-9(14)15/h1-4,10,13H,5-6H2,(H,14,15). The van der Waals surface area contributed by atoms with Crippen molar-refractivity contribution in [1.82, 2.24) is 4.72 Å². The third kappa shape index (κ3) is 4.19. The number of carbonyl (C=O) groups is 1. The molecule has 0 unspecified atom stereocenters. The van der Waals surface area contributed by atoms with E-state index in [1.54, 1.807) is 0 Å². The zero-order chi connectivity index (χ0) is 16.3. The molecular formula is C10H11F2NO6S2. The first kappa shape index (κ1) is 17.5. The molecule has 0 heterocycles. The van der Waals surface area contributed by atoms with Gasteiger partial charge < -0.3 is 5.11 Å². The molecule has 0 spiro atoms. The molecule has 0 aromatic heterocycles. The summed E-state index contributed by atoms with van der Waals surface area (Å²) in [6.07, 6.45) is -0.539. The number of carboxylic acid groups (broad SMARTS) is 1. The summed E-state index contributed by atoms with van der Waals surface area (Å²) in [5, 5.41) is 8.41. The van der Waals surface area contributed by atoms with Crippen molar-refractivity contribution in [1.29, 1.82) is 0 Å². The van der Waals surface area contributed by atoms with Crippen molar-refractivity contribution >= 4 is 25.8 Å². The molecule has 0 saturated carbocycles. The van der Waals surface area contributed by atoms with Crippen molar-refractivity contribution in [2.75, 3.05) is 6.54 Å². The molecule has 2 N–H and O–H groups in total. The van der Waals surface area contributed by atoms with Gasteiger partial charge in [0, 0.05) is 6.54 Å². The fourth-order valence-electron chi connectivity index (χ4n) is 1.37. The van der Waals surface area contributed by atoms with E-state index in [0.29, 0.717) is 0 Å². The summed E-state index contributed by atoms with van der Waals surface area (Å²) in [4.78, 5) is 8.42. The van der Waals surface area contributed by atoms with E-state index >= 15 is 0 Å². The van der Waals surface area contributed by atoms with Gasteiger partial charge in [0.25, 0.3) is 0 Å². The van der Waals surface area contributed by atoms with Crippen LogP contribution < -0.4 is 4.72 Å². The molecule has 21 heavy (non-hydrogen) atoms. The van der Waals surface area contributed by atoms with E-state index in [9.17, 15) is 30.4 Å². The van der Waals surface area contributed by atoms with Gasteiger partial charge in [-0.3, -0.25) is 4.79 Å². The Bertz CT molecular complexity index is 730. The van der Waals surface area contributed by atoms with E-state index in [2.05, 4.69) is 0 Å². The zero-order valence-electron chi connectivity index (χ0n) is 10.4. The highest BCUT2D eigenvalue weighted by atomic mass is 32.2. The topological polar surface area (TPSA) is 118 Å². The molecule has 7 nitrogen and oxygen atoms in total. The lowest BCUT2D eigenvalue weighted by Crippen LogP contribution is -2.28. The molecule has 1 rings (SSSR count). The van der Waals surface area contributed by atoms with Crippen LogP contribution in [0, 0.1) is 0 Å². The minimum Gasteiger partial charge on any atom is -0.481 e. The Labute approximate surface area is 119 Å². The van der Waals surface area contributed by atoms with Crippen LogP contribution in [0.1, 0.15) is 6.42 Å². The van der Waals surface area contributed by atoms with Gasteiger partial charge in [0.05, 0.1) is 11.3 Å². The third-order valence-corrected chi connectivity index (χ3v) is 5.40. The first-order chi connectivity index (χ1) is 9.59. The maximum absolute atomic E-state index is 12.5. The number of nitrogens with one attached hydrogen (secondary N) is 1. The van der Waals surface area contributed by atoms with Crippen LogP contribution in [0.5, 0.6) is 0 Å². The van der Waals surface area contributed by atoms with Crippen LogP contribution >= 0.6 is 0 Å². The number of carboxylic acids is 1. The van der Waals surface area contributed by atoms with Crippen LogP contribution in [-0.4, -0.2) is 40.2 Å². The van der Waals surface area contributed by atoms with Crippen LogP contribution in [0.4, 0.5) is 8.78 Å². The molecule has 0 amide bonds. The molecule has 118 valence electrons. The van der Waals surface area contributed by atoms with Crippen LogP contribution in [0.2, 0.25) is 0 Å². The predicted molar refractivity (Wildman–Crippen MR) is 67.1 cm³/mol. The van der Waals surface area contributed by atoms with Crippen molar-refractivity contribution in [2.24, 2.45) is 0 Å². The van der Waals surface area contributed by atoms with Gasteiger partial charge in [0.1, 0.15) is 4.90 Å². The van der Waals surface area contributed by atoms with E-state index in [-0.39, 0.29) is 0 Å². The molecular weight excluding hydrogens is 332 g/mol. The van der Waals surface area contributed by atoms with Gasteiger partial charge in [-0.15, -0.1) is 0 Å². The lowest BCUT2D eigenvalue weighted by Gasteiger charge is -2.11. The molecule has 0 radical (unpaired) electrons. The minimum absolute atomic E-state index is 0.499. The Morgan fingerprint density at radius 1 is 1.14 bits per heavy atom. The molecule has 0 aliphatic rings. The minimum atomic E-state index is -5.10. The van der Waals surface area contributed by atoms with Crippen molar-refractivity contribution < 1.29 is 35.5 Å². The molecule has 0 atom stereocenters. The van der Waals surface area contributed by atoms with E-state index in [0.717, 1.165) is 24.3 Å². The van der Waals surface area contributed by atoms with Crippen molar-refractivity contribution in [3.8, 4) is 0 Å². The highest BCUT2D eigenvalue weighted by Crippen LogP contribution is 2.25. The van der Waals surface area contributed by atoms with Crippen molar-refractivity contribution in [3.05, 3.63) is 24.3 Å². The Hall–Kier alpha value is -1.59. The van der Waals surface area contributed by atoms with E-state index in [4.69, 9.17) is 5.11 Å². The SMILES string of the molecule is O=C(O)CCNS(=O)(=O)c1ccccc1S(=O)(=O)C(F)F. The van der Waals surface area contributed by atoms with Crippen molar-refractivity contribution in [3.63, 3.8) is 0 Å². The summed E-state index contributed by atoms with van der Waals surface area (Å²) in [5.74, 6) is -5.04. The number of sulfone groups is 1. The molecule has 0 aliphatic carbocycles. The highest BCUT2D eigenvalue weighted by Gasteiger charge is 2.32. The number of rotatable bonds is 7. The second kappa shape index (κ2) is 6.45. The summed E-state index contributed by atoms with van der Waals surface area (Å²) in [6, 6.07) is 3.85. The molecule has 0 aliphatic heterocycles. The first-order valence-corrected chi connectivity index (χ1v) is 8.44. The fraction of sp³-hybridized carbons (Fsp3) is 0.300. The molecule has 0 saturated heterocycles. The van der Waals surface area contributed by atoms with Crippen LogP contribution in [-0.2, 0) is 24.7 Å². The zero-order valence-corrected chi connectivity index (χ0v) is 12.0. The maximum atomic E-state index is 12.5. The first-order valence-electron chi connectivity index (χ1n) is 5.41. The monoisotopic (exact) mass is 343 g/mol. The van der Waals surface area contributed by atoms with Crippen LogP contribution in [0.25, 0.3) is 0 Å². The summed E-state index contributed by atoms with van der Waals surface area (Å²) < 4.78 is 73.6. The van der Waals surface area contributed by atoms with Gasteiger partial charge in [-0.2, -0.15) is 8.78 Å². The van der Waals surface area contributed by atoms with Gasteiger partial charge in [-0.05, 0) is 12.1 Å². The number of alkyl halides is 2. The molecule has 11 heteroatoms. The number of sulfonamides is 1. The van der Waals surface area contributed by atoms with E-state index in [1.807, 2.05) is 4.72 Å². The Kier molecular flexibility index (Phi) is 5.36. The van der Waals surface area contributed by atoms with Crippen molar-refractivity contribution in [2.45, 2.75) is 22.0 Å². The van der Waals surface area contributed by atoms with Gasteiger partial charge in [-0.25, -0.2) is 21.6 Å². The van der Waals surface area contributed by atoms with Crippen LogP contribution in [0.15, 0.2) is 34.1 Å².